The maximum Gasteiger partial charge on any atom is 0.407 e. The number of aromatic nitrogens is 3. The fourth-order valence-corrected chi connectivity index (χ4v) is 8.83. The number of anilines is 4. The lowest BCUT2D eigenvalue weighted by Gasteiger charge is -2.37. The van der Waals surface area contributed by atoms with Gasteiger partial charge in [0, 0.05) is 110 Å². The van der Waals surface area contributed by atoms with Gasteiger partial charge >= 0.3 is 47.9 Å². The third kappa shape index (κ3) is 25.5. The first-order valence-corrected chi connectivity index (χ1v) is 26.4. The molecule has 438 valence electrons. The van der Waals surface area contributed by atoms with Gasteiger partial charge in [-0.3, -0.25) is 38.7 Å². The highest BCUT2D eigenvalue weighted by Gasteiger charge is 2.29. The average molecular weight is 1120 g/mol. The molecule has 3 heterocycles. The molecule has 2 aliphatic rings. The molecule has 3 unspecified atom stereocenters. The van der Waals surface area contributed by atoms with Crippen molar-refractivity contribution in [1.82, 2.24) is 55.8 Å². The van der Waals surface area contributed by atoms with Gasteiger partial charge in [0.25, 0.3) is 0 Å². The minimum Gasteiger partial charge on any atom is -0.481 e. The minimum atomic E-state index is -1.51. The molecule has 2 aliphatic heterocycles. The standard InChI is InChI=1S/C49H76N14O16/c64-38(51-16-7-5-8-36(43(73)74)54-48(77)55-37(44(75)76)14-15-39(65)66)9-4-2-1-3-6-17-52-45-56-46(58-47(57-45)61-20-18-50-19-21-61)53-34-12-10-33(11-13-34)28-35-29-63(49(78)79)27-25-60(31-41(69)70)23-22-59(30-40(67)68)24-26-62(35)32-42(71)72/h10-13,35-37,50H,1-9,14-32H2,(H,51,64)(H,65,66)(H,67,68)(H,69,70)(H,71,72)(H,73,74)(H,75,76)(H,78,79)(H2,54,55,77)(H2,52,53,56,57,58). The van der Waals surface area contributed by atoms with Crippen LogP contribution in [0.15, 0.2) is 24.3 Å². The molecule has 0 radical (unpaired) electrons. The van der Waals surface area contributed by atoms with Gasteiger partial charge in [-0.05, 0) is 62.6 Å². The lowest BCUT2D eigenvalue weighted by atomic mass is 10.0. The molecule has 1 aromatic heterocycles. The summed E-state index contributed by atoms with van der Waals surface area (Å²) in [5, 5.41) is 83.8. The highest BCUT2D eigenvalue weighted by molar-refractivity contribution is 5.86. The van der Waals surface area contributed by atoms with Gasteiger partial charge in [-0.15, -0.1) is 0 Å². The van der Waals surface area contributed by atoms with Gasteiger partial charge in [0.2, 0.25) is 23.8 Å². The van der Waals surface area contributed by atoms with Crippen LogP contribution in [0.25, 0.3) is 0 Å². The summed E-state index contributed by atoms with van der Waals surface area (Å²) in [5.41, 5.74) is 1.39. The van der Waals surface area contributed by atoms with E-state index in [4.69, 9.17) is 15.1 Å². The van der Waals surface area contributed by atoms with Crippen molar-refractivity contribution < 1.29 is 78.9 Å². The number of nitrogens with zero attached hydrogens (tertiary/aromatic N) is 8. The fourth-order valence-electron chi connectivity index (χ4n) is 8.83. The van der Waals surface area contributed by atoms with Gasteiger partial charge < -0.3 is 77.4 Å². The lowest BCUT2D eigenvalue weighted by Crippen LogP contribution is -2.53. The Balaban J connectivity index is 1.27. The average Bonchev–Trinajstić information content (AvgIpc) is 3.38. The molecule has 3 atom stereocenters. The second-order valence-corrected chi connectivity index (χ2v) is 19.3. The quantitative estimate of drug-likeness (QED) is 0.0435. The number of unbranched alkanes of at least 4 members (excludes halogenated alkanes) is 5. The van der Waals surface area contributed by atoms with E-state index < -0.39 is 79.0 Å². The number of urea groups is 1. The number of carboxylic acids is 6. The van der Waals surface area contributed by atoms with Crippen molar-refractivity contribution in [1.29, 1.82) is 0 Å². The van der Waals surface area contributed by atoms with Gasteiger partial charge in [-0.2, -0.15) is 15.0 Å². The first kappa shape index (κ1) is 63.8. The van der Waals surface area contributed by atoms with Gasteiger partial charge in [0.15, 0.2) is 0 Å². The Morgan fingerprint density at radius 3 is 1.76 bits per heavy atom. The Morgan fingerprint density at radius 2 is 1.15 bits per heavy atom. The van der Waals surface area contributed by atoms with Crippen LogP contribution in [-0.2, 0) is 40.0 Å². The predicted molar refractivity (Wildman–Crippen MR) is 284 cm³/mol. The number of piperazine rings is 1. The summed E-state index contributed by atoms with van der Waals surface area (Å²) in [6.07, 6.45) is 3.22. The predicted octanol–water partition coefficient (Wildman–Crippen LogP) is 0.199. The number of carboxylic acid groups (broad SMARTS) is 7. The van der Waals surface area contributed by atoms with Gasteiger partial charge in [-0.1, -0.05) is 31.4 Å². The van der Waals surface area contributed by atoms with E-state index in [1.807, 2.05) is 12.1 Å². The van der Waals surface area contributed by atoms with Crippen molar-refractivity contribution in [3.05, 3.63) is 29.8 Å². The Morgan fingerprint density at radius 1 is 0.582 bits per heavy atom. The molecule has 2 fully saturated rings. The third-order valence-electron chi connectivity index (χ3n) is 13.1. The molecule has 30 heteroatoms. The van der Waals surface area contributed by atoms with Crippen molar-refractivity contribution in [2.45, 2.75) is 95.2 Å². The Bertz CT molecular complexity index is 2330. The molecule has 2 saturated heterocycles. The molecule has 0 spiro atoms. The molecule has 79 heavy (non-hydrogen) atoms. The van der Waals surface area contributed by atoms with Crippen LogP contribution in [-0.4, -0.2) is 247 Å². The number of aliphatic carboxylic acids is 6. The van der Waals surface area contributed by atoms with Gasteiger partial charge in [0.1, 0.15) is 12.1 Å². The zero-order chi connectivity index (χ0) is 57.7. The van der Waals surface area contributed by atoms with E-state index in [-0.39, 0.29) is 90.0 Å². The smallest absolute Gasteiger partial charge is 0.407 e. The third-order valence-corrected chi connectivity index (χ3v) is 13.1. The van der Waals surface area contributed by atoms with Crippen LogP contribution >= 0.6 is 0 Å². The van der Waals surface area contributed by atoms with E-state index in [1.54, 1.807) is 26.8 Å². The first-order valence-electron chi connectivity index (χ1n) is 26.4. The topological polar surface area (TPSA) is 422 Å². The fraction of sp³-hybridized carbons (Fsp3) is 0.633. The number of benzene rings is 1. The maximum atomic E-state index is 12.5. The van der Waals surface area contributed by atoms with Crippen LogP contribution in [0.3, 0.4) is 0 Å². The summed E-state index contributed by atoms with van der Waals surface area (Å²) >= 11 is 0. The van der Waals surface area contributed by atoms with Crippen molar-refractivity contribution in [2.24, 2.45) is 0 Å². The van der Waals surface area contributed by atoms with E-state index in [0.717, 1.165) is 49.2 Å². The normalized spacial score (nSPS) is 16.7. The number of hydrogen-bond acceptors (Lipinski definition) is 19. The zero-order valence-corrected chi connectivity index (χ0v) is 44.2. The second-order valence-electron chi connectivity index (χ2n) is 19.3. The summed E-state index contributed by atoms with van der Waals surface area (Å²) in [7, 11) is 0. The Hall–Kier alpha value is -7.70. The van der Waals surface area contributed by atoms with Crippen LogP contribution in [0.2, 0.25) is 0 Å². The van der Waals surface area contributed by atoms with Crippen LogP contribution in [0.1, 0.15) is 76.2 Å². The van der Waals surface area contributed by atoms with Crippen LogP contribution in [0, 0.1) is 0 Å². The van der Waals surface area contributed by atoms with Crippen molar-refractivity contribution >= 4 is 77.4 Å². The van der Waals surface area contributed by atoms with E-state index >= 15 is 0 Å². The summed E-state index contributed by atoms with van der Waals surface area (Å²) in [5.74, 6) is -6.38. The SMILES string of the molecule is O=C(O)CCC(NC(=O)NC(CCCCNC(=O)CCCCCCCNc1nc(Nc2ccc(CC3CN(C(=O)O)CCN(CC(=O)O)CCN(CC(=O)O)CCN3CC(=O)O)cc2)nc(N2CCNCC2)n1)C(=O)O)C(=O)O. The Labute approximate surface area is 456 Å². The highest BCUT2D eigenvalue weighted by atomic mass is 16.4. The van der Waals surface area contributed by atoms with Crippen molar-refractivity contribution in [3.8, 4) is 0 Å². The summed E-state index contributed by atoms with van der Waals surface area (Å²) < 4.78 is 0. The number of amides is 4. The van der Waals surface area contributed by atoms with E-state index in [9.17, 15) is 73.8 Å². The molecule has 2 aromatic rings. The Kier molecular flexibility index (Phi) is 27.7. The zero-order valence-electron chi connectivity index (χ0n) is 44.2. The summed E-state index contributed by atoms with van der Waals surface area (Å²) in [4.78, 5) is 129. The largest absolute Gasteiger partial charge is 0.481 e. The molecule has 4 rings (SSSR count). The molecule has 0 aliphatic carbocycles. The van der Waals surface area contributed by atoms with Gasteiger partial charge in [0.05, 0.1) is 19.6 Å². The van der Waals surface area contributed by atoms with E-state index in [2.05, 4.69) is 41.8 Å². The molecule has 1 aromatic carbocycles. The number of hydrogen-bond donors (Lipinski definition) is 13. The number of carbonyl (C=O) groups excluding carboxylic acids is 2. The van der Waals surface area contributed by atoms with E-state index in [0.29, 0.717) is 69.4 Å². The molecule has 4 amide bonds. The van der Waals surface area contributed by atoms with Crippen molar-refractivity contribution in [3.63, 3.8) is 0 Å². The highest BCUT2D eigenvalue weighted by Crippen LogP contribution is 2.21. The molecule has 0 bridgehead atoms. The molecule has 0 saturated carbocycles. The van der Waals surface area contributed by atoms with Gasteiger partial charge in [-0.25, -0.2) is 19.2 Å². The monoisotopic (exact) mass is 1120 g/mol. The van der Waals surface area contributed by atoms with Crippen LogP contribution in [0.4, 0.5) is 33.1 Å². The molecular formula is C49H76N14O16. The molecular weight excluding hydrogens is 1040 g/mol. The first-order chi connectivity index (χ1) is 37.7. The molecule has 30 nitrogen and oxygen atoms in total. The number of carbonyl (C=O) groups is 9. The van der Waals surface area contributed by atoms with E-state index in [1.165, 1.54) is 0 Å². The summed E-state index contributed by atoms with van der Waals surface area (Å²) in [6.45, 7) is 3.03. The van der Waals surface area contributed by atoms with Crippen LogP contribution < -0.4 is 36.8 Å². The molecule has 13 N–H and O–H groups in total. The summed E-state index contributed by atoms with van der Waals surface area (Å²) in [6, 6.07) is 2.71. The lowest BCUT2D eigenvalue weighted by molar-refractivity contribution is -0.141. The van der Waals surface area contributed by atoms with Crippen molar-refractivity contribution in [2.75, 3.05) is 120 Å². The number of nitrogens with one attached hydrogen (secondary N) is 6. The minimum absolute atomic E-state index is 0.0179. The maximum absolute atomic E-state index is 12.5. The van der Waals surface area contributed by atoms with Crippen LogP contribution in [0.5, 0.6) is 0 Å². The number of rotatable bonds is 32. The second kappa shape index (κ2) is 34.2.